The van der Waals surface area contributed by atoms with E-state index in [1.807, 2.05) is 0 Å². The monoisotopic (exact) mass is 194 g/mol. The van der Waals surface area contributed by atoms with Crippen molar-refractivity contribution in [2.45, 2.75) is 12.8 Å². The molecule has 1 N–H and O–H groups in total. The van der Waals surface area contributed by atoms with Gasteiger partial charge in [0.2, 0.25) is 6.79 Å². The van der Waals surface area contributed by atoms with Crippen molar-refractivity contribution in [3.8, 4) is 17.2 Å². The summed E-state index contributed by atoms with van der Waals surface area (Å²) in [5.74, 6) is 1.32. The molecule has 0 spiro atoms. The van der Waals surface area contributed by atoms with Crippen LogP contribution in [0, 0.1) is 0 Å². The molecule has 1 aromatic carbocycles. The topological polar surface area (TPSA) is 55.8 Å². The summed E-state index contributed by atoms with van der Waals surface area (Å²) in [5, 5.41) is 9.35. The van der Waals surface area contributed by atoms with E-state index in [0.717, 1.165) is 11.8 Å². The molecule has 0 radical (unpaired) electrons. The number of aryl methyl sites for hydroxylation is 1. The first-order chi connectivity index (χ1) is 6.81. The molecule has 0 atom stereocenters. The lowest BCUT2D eigenvalue weighted by molar-refractivity contribution is -0.107. The summed E-state index contributed by atoms with van der Waals surface area (Å²) in [7, 11) is 0. The highest BCUT2D eigenvalue weighted by Gasteiger charge is 2.18. The van der Waals surface area contributed by atoms with Crippen LogP contribution in [0.1, 0.15) is 12.0 Å². The van der Waals surface area contributed by atoms with Crippen LogP contribution in [0.25, 0.3) is 0 Å². The summed E-state index contributed by atoms with van der Waals surface area (Å²) in [5.41, 5.74) is 0.810. The SMILES string of the molecule is O=CCCc1cc(O)cc2c1OCO2. The second kappa shape index (κ2) is 3.57. The van der Waals surface area contributed by atoms with Gasteiger partial charge in [0, 0.05) is 18.1 Å². The van der Waals surface area contributed by atoms with Crippen molar-refractivity contribution < 1.29 is 19.4 Å². The maximum atomic E-state index is 10.2. The van der Waals surface area contributed by atoms with Crippen LogP contribution in [0.4, 0.5) is 0 Å². The molecule has 0 aromatic heterocycles. The Hall–Kier alpha value is -1.71. The quantitative estimate of drug-likeness (QED) is 0.736. The van der Waals surface area contributed by atoms with Gasteiger partial charge in [0.1, 0.15) is 12.0 Å². The minimum absolute atomic E-state index is 0.134. The van der Waals surface area contributed by atoms with Gasteiger partial charge in [-0.2, -0.15) is 0 Å². The molecule has 0 saturated carbocycles. The zero-order chi connectivity index (χ0) is 9.97. The summed E-state index contributed by atoms with van der Waals surface area (Å²) >= 11 is 0. The smallest absolute Gasteiger partial charge is 0.231 e. The van der Waals surface area contributed by atoms with E-state index < -0.39 is 0 Å². The largest absolute Gasteiger partial charge is 0.508 e. The molecule has 1 aromatic rings. The predicted octanol–water partition coefficient (Wildman–Crippen LogP) is 1.25. The van der Waals surface area contributed by atoms with Crippen LogP contribution in [0.5, 0.6) is 17.2 Å². The Balaban J connectivity index is 2.33. The van der Waals surface area contributed by atoms with E-state index in [4.69, 9.17) is 9.47 Å². The van der Waals surface area contributed by atoms with Crippen LogP contribution in [0.2, 0.25) is 0 Å². The van der Waals surface area contributed by atoms with E-state index in [2.05, 4.69) is 0 Å². The van der Waals surface area contributed by atoms with Gasteiger partial charge in [-0.1, -0.05) is 0 Å². The van der Waals surface area contributed by atoms with E-state index in [0.29, 0.717) is 24.3 Å². The van der Waals surface area contributed by atoms with E-state index in [1.165, 1.54) is 6.07 Å². The number of rotatable bonds is 3. The van der Waals surface area contributed by atoms with E-state index >= 15 is 0 Å². The summed E-state index contributed by atoms with van der Waals surface area (Å²) in [6, 6.07) is 3.10. The third-order valence-electron chi connectivity index (χ3n) is 2.07. The van der Waals surface area contributed by atoms with Crippen molar-refractivity contribution in [1.82, 2.24) is 0 Å². The third kappa shape index (κ3) is 1.51. The maximum Gasteiger partial charge on any atom is 0.231 e. The number of aldehydes is 1. The normalized spacial score (nSPS) is 12.9. The van der Waals surface area contributed by atoms with Gasteiger partial charge in [0.05, 0.1) is 0 Å². The Morgan fingerprint density at radius 1 is 1.43 bits per heavy atom. The Morgan fingerprint density at radius 2 is 2.29 bits per heavy atom. The van der Waals surface area contributed by atoms with E-state index in [-0.39, 0.29) is 12.5 Å². The Bertz CT molecular complexity index is 359. The fourth-order valence-electron chi connectivity index (χ4n) is 1.47. The van der Waals surface area contributed by atoms with Gasteiger partial charge in [-0.05, 0) is 12.5 Å². The summed E-state index contributed by atoms with van der Waals surface area (Å²) < 4.78 is 10.4. The lowest BCUT2D eigenvalue weighted by Gasteiger charge is -2.04. The van der Waals surface area contributed by atoms with Gasteiger partial charge >= 0.3 is 0 Å². The molecule has 14 heavy (non-hydrogen) atoms. The fraction of sp³-hybridized carbons (Fsp3) is 0.300. The lowest BCUT2D eigenvalue weighted by atomic mass is 10.1. The number of fused-ring (bicyclic) bond motifs is 1. The van der Waals surface area contributed by atoms with Gasteiger partial charge in [0.25, 0.3) is 0 Å². The number of carbonyl (C=O) groups is 1. The second-order valence-corrected chi connectivity index (χ2v) is 3.04. The number of phenols is 1. The van der Waals surface area contributed by atoms with Gasteiger partial charge in [-0.3, -0.25) is 0 Å². The molecule has 1 aliphatic rings. The molecule has 74 valence electrons. The van der Waals surface area contributed by atoms with Crippen LogP contribution in [-0.2, 0) is 11.2 Å². The maximum absolute atomic E-state index is 10.2. The van der Waals surface area contributed by atoms with Gasteiger partial charge in [-0.25, -0.2) is 0 Å². The standard InChI is InChI=1S/C10H10O4/c11-3-1-2-7-4-8(12)5-9-10(7)14-6-13-9/h3-5,12H,1-2,6H2. The van der Waals surface area contributed by atoms with Crippen molar-refractivity contribution in [3.05, 3.63) is 17.7 Å². The zero-order valence-corrected chi connectivity index (χ0v) is 7.53. The van der Waals surface area contributed by atoms with Crippen molar-refractivity contribution in [2.75, 3.05) is 6.79 Å². The number of carbonyl (C=O) groups excluding carboxylic acids is 1. The molecule has 0 amide bonds. The van der Waals surface area contributed by atoms with Crippen molar-refractivity contribution >= 4 is 6.29 Å². The van der Waals surface area contributed by atoms with Crippen molar-refractivity contribution in [1.29, 1.82) is 0 Å². The summed E-state index contributed by atoms with van der Waals surface area (Å²) in [4.78, 5) is 10.2. The molecule has 0 saturated heterocycles. The molecular weight excluding hydrogens is 184 g/mol. The van der Waals surface area contributed by atoms with Gasteiger partial charge in [-0.15, -0.1) is 0 Å². The fourth-order valence-corrected chi connectivity index (χ4v) is 1.47. The number of phenolic OH excluding ortho intramolecular Hbond substituents is 1. The van der Waals surface area contributed by atoms with Gasteiger partial charge in [0.15, 0.2) is 11.5 Å². The molecule has 1 heterocycles. The molecule has 0 bridgehead atoms. The minimum atomic E-state index is 0.134. The Labute approximate surface area is 81.1 Å². The van der Waals surface area contributed by atoms with Gasteiger partial charge < -0.3 is 19.4 Å². The highest BCUT2D eigenvalue weighted by Crippen LogP contribution is 2.39. The first-order valence-electron chi connectivity index (χ1n) is 4.36. The van der Waals surface area contributed by atoms with E-state index in [9.17, 15) is 9.90 Å². The molecule has 0 fully saturated rings. The highest BCUT2D eigenvalue weighted by molar-refractivity contribution is 5.55. The van der Waals surface area contributed by atoms with Crippen molar-refractivity contribution in [2.24, 2.45) is 0 Å². The molecule has 1 aliphatic heterocycles. The number of benzene rings is 1. The molecule has 0 aliphatic carbocycles. The minimum Gasteiger partial charge on any atom is -0.508 e. The molecule has 4 nitrogen and oxygen atoms in total. The average Bonchev–Trinajstić information content (AvgIpc) is 2.61. The Morgan fingerprint density at radius 3 is 3.07 bits per heavy atom. The molecule has 4 heteroatoms. The highest BCUT2D eigenvalue weighted by atomic mass is 16.7. The number of ether oxygens (including phenoxy) is 2. The predicted molar refractivity (Wildman–Crippen MR) is 48.6 cm³/mol. The average molecular weight is 194 g/mol. The third-order valence-corrected chi connectivity index (χ3v) is 2.07. The van der Waals surface area contributed by atoms with E-state index in [1.54, 1.807) is 6.07 Å². The van der Waals surface area contributed by atoms with Crippen LogP contribution in [0.15, 0.2) is 12.1 Å². The Kier molecular flexibility index (Phi) is 2.26. The molecule has 0 unspecified atom stereocenters. The zero-order valence-electron chi connectivity index (χ0n) is 7.53. The lowest BCUT2D eigenvalue weighted by Crippen LogP contribution is -1.94. The van der Waals surface area contributed by atoms with Crippen LogP contribution >= 0.6 is 0 Å². The second-order valence-electron chi connectivity index (χ2n) is 3.04. The number of hydrogen-bond donors (Lipinski definition) is 1. The first-order valence-corrected chi connectivity index (χ1v) is 4.36. The number of hydrogen-bond acceptors (Lipinski definition) is 4. The van der Waals surface area contributed by atoms with Crippen LogP contribution < -0.4 is 9.47 Å². The summed E-state index contributed by atoms with van der Waals surface area (Å²) in [6.07, 6.45) is 1.81. The summed E-state index contributed by atoms with van der Waals surface area (Å²) in [6.45, 7) is 0.173. The first kappa shape index (κ1) is 8.87. The van der Waals surface area contributed by atoms with Crippen molar-refractivity contribution in [3.63, 3.8) is 0 Å². The number of aromatic hydroxyl groups is 1. The van der Waals surface area contributed by atoms with Crippen LogP contribution in [-0.4, -0.2) is 18.2 Å². The van der Waals surface area contributed by atoms with Crippen LogP contribution in [0.3, 0.4) is 0 Å². The molecular formula is C10H10O4. The molecule has 2 rings (SSSR count).